The van der Waals surface area contributed by atoms with Crippen LogP contribution in [0.4, 0.5) is 4.79 Å². The Morgan fingerprint density at radius 2 is 1.68 bits per heavy atom. The van der Waals surface area contributed by atoms with E-state index in [0.29, 0.717) is 22.1 Å². The molecule has 0 saturated carbocycles. The number of benzene rings is 2. The Kier molecular flexibility index (Phi) is 8.55. The highest BCUT2D eigenvalue weighted by atomic mass is 16.4. The van der Waals surface area contributed by atoms with Crippen molar-refractivity contribution >= 4 is 41.8 Å². The van der Waals surface area contributed by atoms with Crippen molar-refractivity contribution in [1.29, 1.82) is 0 Å². The van der Waals surface area contributed by atoms with Crippen LogP contribution in [-0.2, 0) is 30.5 Å². The van der Waals surface area contributed by atoms with E-state index in [1.54, 1.807) is 42.5 Å². The molecule has 1 heterocycles. The van der Waals surface area contributed by atoms with E-state index < -0.39 is 54.2 Å². The maximum Gasteiger partial charge on any atom is 0.348 e. The number of aliphatic carboxylic acids is 2. The van der Waals surface area contributed by atoms with Gasteiger partial charge in [-0.15, -0.1) is 0 Å². The number of nitrogens with two attached hydrogens (primary N) is 1. The molecule has 0 unspecified atom stereocenters. The lowest BCUT2D eigenvalue weighted by Crippen LogP contribution is -2.59. The normalized spacial score (nSPS) is 15.5. The summed E-state index contributed by atoms with van der Waals surface area (Å²) in [4.78, 5) is 75.2. The fraction of sp³-hybridized carbons (Fsp3) is 0.200. The summed E-state index contributed by atoms with van der Waals surface area (Å²) in [6, 6.07) is 9.67. The van der Waals surface area contributed by atoms with E-state index in [0.717, 1.165) is 12.5 Å². The fourth-order valence-electron chi connectivity index (χ4n) is 3.76. The third-order valence-corrected chi connectivity index (χ3v) is 5.55. The summed E-state index contributed by atoms with van der Waals surface area (Å²) in [6.45, 7) is 1.23. The second-order valence-electron chi connectivity index (χ2n) is 8.22. The Balaban J connectivity index is 1.95. The summed E-state index contributed by atoms with van der Waals surface area (Å²) in [5, 5.41) is 24.3. The third-order valence-electron chi connectivity index (χ3n) is 5.55. The van der Waals surface area contributed by atoms with Crippen molar-refractivity contribution in [2.45, 2.75) is 32.0 Å². The van der Waals surface area contributed by atoms with Gasteiger partial charge in [0.1, 0.15) is 11.7 Å². The SMILES string of the molecule is CC(=O)N([C@@H](CC(=O)O)C(=O)N[C@H](C(=O)O)c1ccccc1)N1C(=O)NC(=Cc2ccc(CN)cc2)C1=O. The molecule has 0 radical (unpaired) electrons. The van der Waals surface area contributed by atoms with Crippen LogP contribution in [0.2, 0.25) is 0 Å². The molecular formula is C25H25N5O8. The number of nitrogens with one attached hydrogen (secondary N) is 2. The molecule has 0 spiro atoms. The van der Waals surface area contributed by atoms with E-state index in [1.807, 2.05) is 0 Å². The minimum absolute atomic E-state index is 0.178. The molecule has 198 valence electrons. The maximum atomic E-state index is 13.2. The summed E-state index contributed by atoms with van der Waals surface area (Å²) in [5.41, 5.74) is 6.87. The first-order valence-electron chi connectivity index (χ1n) is 11.3. The zero-order valence-corrected chi connectivity index (χ0v) is 20.2. The first-order chi connectivity index (χ1) is 18.0. The molecule has 13 heteroatoms. The number of amides is 5. The van der Waals surface area contributed by atoms with Gasteiger partial charge >= 0.3 is 18.0 Å². The second-order valence-corrected chi connectivity index (χ2v) is 8.22. The molecule has 1 aliphatic heterocycles. The van der Waals surface area contributed by atoms with Crippen molar-refractivity contribution in [3.63, 3.8) is 0 Å². The standard InChI is InChI=1S/C25H25N5O8/c1-14(31)29(30-23(35)18(27-25(30)38)11-15-7-9-16(13-26)10-8-15)19(12-20(32)33)22(34)28-21(24(36)37)17-5-3-2-4-6-17/h2-11,19,21H,12-13,26H2,1H3,(H,27,38)(H,28,34)(H,32,33)(H,36,37)/t19-,21-/m0/s1. The Morgan fingerprint density at radius 1 is 1.05 bits per heavy atom. The molecule has 1 saturated heterocycles. The average molecular weight is 524 g/mol. The minimum Gasteiger partial charge on any atom is -0.481 e. The average Bonchev–Trinajstić information content (AvgIpc) is 3.14. The Bertz CT molecular complexity index is 1290. The molecule has 1 fully saturated rings. The Hall–Kier alpha value is -5.04. The van der Waals surface area contributed by atoms with Crippen LogP contribution in [0.5, 0.6) is 0 Å². The number of nitrogens with zero attached hydrogens (tertiary/aromatic N) is 2. The van der Waals surface area contributed by atoms with Crippen LogP contribution < -0.4 is 16.4 Å². The van der Waals surface area contributed by atoms with E-state index in [2.05, 4.69) is 10.6 Å². The van der Waals surface area contributed by atoms with Crippen molar-refractivity contribution in [3.8, 4) is 0 Å². The number of hydrazine groups is 1. The van der Waals surface area contributed by atoms with Crippen molar-refractivity contribution in [3.05, 3.63) is 77.0 Å². The van der Waals surface area contributed by atoms with Gasteiger partial charge in [0.25, 0.3) is 5.91 Å². The molecule has 1 aliphatic rings. The van der Waals surface area contributed by atoms with Crippen molar-refractivity contribution < 1.29 is 39.0 Å². The molecule has 6 N–H and O–H groups in total. The van der Waals surface area contributed by atoms with E-state index >= 15 is 0 Å². The maximum absolute atomic E-state index is 13.2. The predicted octanol–water partition coefficient (Wildman–Crippen LogP) is 0.587. The summed E-state index contributed by atoms with van der Waals surface area (Å²) in [5.74, 6) is -6.21. The highest BCUT2D eigenvalue weighted by Gasteiger charge is 2.45. The predicted molar refractivity (Wildman–Crippen MR) is 131 cm³/mol. The number of carboxylic acid groups (broad SMARTS) is 2. The Morgan fingerprint density at radius 3 is 2.21 bits per heavy atom. The number of carbonyl (C=O) groups excluding carboxylic acids is 4. The van der Waals surface area contributed by atoms with E-state index in [1.165, 1.54) is 18.2 Å². The lowest BCUT2D eigenvalue weighted by molar-refractivity contribution is -0.163. The summed E-state index contributed by atoms with van der Waals surface area (Å²) >= 11 is 0. The minimum atomic E-state index is -1.94. The molecule has 3 rings (SSSR count). The number of imide groups is 1. The number of hydrogen-bond donors (Lipinski definition) is 5. The first kappa shape index (κ1) is 27.5. The van der Waals surface area contributed by atoms with Crippen LogP contribution in [0.15, 0.2) is 60.3 Å². The molecule has 13 nitrogen and oxygen atoms in total. The van der Waals surface area contributed by atoms with Gasteiger partial charge in [-0.2, -0.15) is 5.01 Å². The quantitative estimate of drug-likeness (QED) is 0.218. The van der Waals surface area contributed by atoms with Gasteiger partial charge in [0.2, 0.25) is 11.8 Å². The van der Waals surface area contributed by atoms with Gasteiger partial charge in [-0.3, -0.25) is 19.2 Å². The highest BCUT2D eigenvalue weighted by molar-refractivity contribution is 6.15. The summed E-state index contributed by atoms with van der Waals surface area (Å²) < 4.78 is 0. The van der Waals surface area contributed by atoms with Crippen molar-refractivity contribution in [2.75, 3.05) is 0 Å². The van der Waals surface area contributed by atoms with Crippen molar-refractivity contribution in [1.82, 2.24) is 20.7 Å². The molecule has 38 heavy (non-hydrogen) atoms. The van der Waals surface area contributed by atoms with Gasteiger partial charge in [-0.1, -0.05) is 54.6 Å². The van der Waals surface area contributed by atoms with Crippen LogP contribution in [-0.4, -0.2) is 62.0 Å². The molecular weight excluding hydrogens is 498 g/mol. The van der Waals surface area contributed by atoms with Gasteiger partial charge < -0.3 is 26.6 Å². The smallest absolute Gasteiger partial charge is 0.348 e. The first-order valence-corrected chi connectivity index (χ1v) is 11.3. The van der Waals surface area contributed by atoms with E-state index in [4.69, 9.17) is 5.73 Å². The van der Waals surface area contributed by atoms with Crippen LogP contribution in [0.1, 0.15) is 36.1 Å². The van der Waals surface area contributed by atoms with Crippen LogP contribution in [0.25, 0.3) is 6.08 Å². The molecule has 0 aromatic heterocycles. The number of rotatable bonds is 10. The van der Waals surface area contributed by atoms with Crippen molar-refractivity contribution in [2.24, 2.45) is 5.73 Å². The summed E-state index contributed by atoms with van der Waals surface area (Å²) in [6.07, 6.45) is 0.310. The third kappa shape index (κ3) is 6.20. The Labute approximate surface area is 216 Å². The topological polar surface area (TPSA) is 199 Å². The lowest BCUT2D eigenvalue weighted by Gasteiger charge is -2.34. The number of carboxylic acids is 2. The molecule has 5 amide bonds. The van der Waals surface area contributed by atoms with Gasteiger partial charge in [0.15, 0.2) is 6.04 Å². The van der Waals surface area contributed by atoms with Crippen LogP contribution in [0, 0.1) is 0 Å². The van der Waals surface area contributed by atoms with Gasteiger partial charge in [0.05, 0.1) is 6.42 Å². The molecule has 2 aromatic rings. The van der Waals surface area contributed by atoms with Crippen LogP contribution >= 0.6 is 0 Å². The number of hydrogen-bond acceptors (Lipinski definition) is 7. The monoisotopic (exact) mass is 523 g/mol. The molecule has 2 atom stereocenters. The van der Waals surface area contributed by atoms with Gasteiger partial charge in [0, 0.05) is 13.5 Å². The number of carbonyl (C=O) groups is 6. The fourth-order valence-corrected chi connectivity index (χ4v) is 3.76. The molecule has 2 aromatic carbocycles. The van der Waals surface area contributed by atoms with Crippen LogP contribution in [0.3, 0.4) is 0 Å². The summed E-state index contributed by atoms with van der Waals surface area (Å²) in [7, 11) is 0. The van der Waals surface area contributed by atoms with E-state index in [-0.39, 0.29) is 11.3 Å². The zero-order chi connectivity index (χ0) is 28.0. The lowest BCUT2D eigenvalue weighted by atomic mass is 10.1. The molecule has 0 aliphatic carbocycles. The largest absolute Gasteiger partial charge is 0.481 e. The zero-order valence-electron chi connectivity index (χ0n) is 20.2. The highest BCUT2D eigenvalue weighted by Crippen LogP contribution is 2.22. The number of urea groups is 1. The van der Waals surface area contributed by atoms with E-state index in [9.17, 15) is 39.0 Å². The van der Waals surface area contributed by atoms with Gasteiger partial charge in [-0.05, 0) is 22.8 Å². The second kappa shape index (κ2) is 11.8. The molecule has 0 bridgehead atoms. The van der Waals surface area contributed by atoms with Gasteiger partial charge in [-0.25, -0.2) is 14.6 Å².